The Morgan fingerprint density at radius 3 is 1.35 bits per heavy atom. The zero-order valence-corrected chi connectivity index (χ0v) is 19.6. The maximum Gasteiger partial charge on any atom is 0.113 e. The summed E-state index contributed by atoms with van der Waals surface area (Å²) in [6.07, 6.45) is 2.79. The van der Waals surface area contributed by atoms with E-state index < -0.39 is 0 Å². The van der Waals surface area contributed by atoms with Crippen molar-refractivity contribution in [1.82, 2.24) is 0 Å². The van der Waals surface area contributed by atoms with Crippen LogP contribution in [0, 0.1) is 0 Å². The van der Waals surface area contributed by atoms with Crippen LogP contribution < -0.4 is 0 Å². The second-order valence-corrected chi connectivity index (χ2v) is 8.60. The van der Waals surface area contributed by atoms with Gasteiger partial charge in [-0.05, 0) is 29.5 Å². The van der Waals surface area contributed by atoms with Crippen LogP contribution in [0.4, 0.5) is 0 Å². The van der Waals surface area contributed by atoms with Gasteiger partial charge in [-0.2, -0.15) is 0 Å². The Morgan fingerprint density at radius 2 is 0.941 bits per heavy atom. The molecule has 0 spiro atoms. The number of rotatable bonds is 12. The fraction of sp³-hybridized carbons (Fsp3) is 0.333. The topological polar surface area (TPSA) is 36.9 Å². The Labute approximate surface area is 203 Å². The van der Waals surface area contributed by atoms with Gasteiger partial charge in [0.05, 0.1) is 38.6 Å². The summed E-state index contributed by atoms with van der Waals surface area (Å²) in [5.41, 5.74) is 3.42. The second kappa shape index (κ2) is 13.2. The van der Waals surface area contributed by atoms with E-state index in [1.165, 1.54) is 0 Å². The molecule has 0 heterocycles. The summed E-state index contributed by atoms with van der Waals surface area (Å²) in [7, 11) is 0. The molecule has 1 fully saturated rings. The number of benzene rings is 3. The lowest BCUT2D eigenvalue weighted by Gasteiger charge is -2.42. The van der Waals surface area contributed by atoms with Crippen LogP contribution in [0.15, 0.2) is 104 Å². The van der Waals surface area contributed by atoms with Crippen LogP contribution in [-0.4, -0.2) is 31.0 Å². The Morgan fingerprint density at radius 1 is 0.559 bits per heavy atom. The smallest absolute Gasteiger partial charge is 0.113 e. The predicted molar refractivity (Wildman–Crippen MR) is 134 cm³/mol. The highest BCUT2D eigenvalue weighted by Gasteiger charge is 2.42. The summed E-state index contributed by atoms with van der Waals surface area (Å²) < 4.78 is 25.5. The average molecular weight is 459 g/mol. The van der Waals surface area contributed by atoms with Gasteiger partial charge in [0.1, 0.15) is 12.2 Å². The van der Waals surface area contributed by atoms with Gasteiger partial charge in [0.2, 0.25) is 0 Å². The van der Waals surface area contributed by atoms with Crippen LogP contribution in [0.3, 0.4) is 0 Å². The van der Waals surface area contributed by atoms with E-state index in [4.69, 9.17) is 18.9 Å². The summed E-state index contributed by atoms with van der Waals surface area (Å²) in [5, 5.41) is 0. The molecule has 3 aromatic carbocycles. The zero-order chi connectivity index (χ0) is 23.4. The lowest BCUT2D eigenvalue weighted by molar-refractivity contribution is -0.207. The molecule has 4 heteroatoms. The Bertz CT molecular complexity index is 961. The van der Waals surface area contributed by atoms with Crippen molar-refractivity contribution in [2.45, 2.75) is 57.1 Å². The normalized spacial score (nSPS) is 22.4. The summed E-state index contributed by atoms with van der Waals surface area (Å²) in [5.74, 6) is 0. The van der Waals surface area contributed by atoms with E-state index in [0.717, 1.165) is 29.5 Å². The zero-order valence-electron chi connectivity index (χ0n) is 19.6. The molecule has 0 aliphatic heterocycles. The van der Waals surface area contributed by atoms with Crippen molar-refractivity contribution in [1.29, 1.82) is 0 Å². The average Bonchev–Trinajstić information content (AvgIpc) is 2.90. The van der Waals surface area contributed by atoms with E-state index in [2.05, 4.69) is 43.0 Å². The molecule has 1 aliphatic carbocycles. The van der Waals surface area contributed by atoms with E-state index in [9.17, 15) is 0 Å². The van der Waals surface area contributed by atoms with E-state index in [1.807, 2.05) is 54.6 Å². The molecular weight excluding hydrogens is 424 g/mol. The molecule has 0 aromatic heterocycles. The molecule has 178 valence electrons. The van der Waals surface area contributed by atoms with Crippen LogP contribution in [0.2, 0.25) is 0 Å². The van der Waals surface area contributed by atoms with Crippen LogP contribution in [0.1, 0.15) is 29.5 Å². The highest BCUT2D eigenvalue weighted by Crippen LogP contribution is 2.31. The minimum absolute atomic E-state index is 0.0856. The monoisotopic (exact) mass is 458 g/mol. The minimum Gasteiger partial charge on any atom is -0.371 e. The van der Waals surface area contributed by atoms with E-state index in [1.54, 1.807) is 6.08 Å². The van der Waals surface area contributed by atoms with Crippen LogP contribution in [-0.2, 0) is 38.8 Å². The predicted octanol–water partition coefficient (Wildman–Crippen LogP) is 6.11. The van der Waals surface area contributed by atoms with Crippen molar-refractivity contribution < 1.29 is 18.9 Å². The van der Waals surface area contributed by atoms with E-state index >= 15 is 0 Å². The van der Waals surface area contributed by atoms with Crippen LogP contribution >= 0.6 is 0 Å². The first-order chi connectivity index (χ1) is 16.8. The summed E-state index contributed by atoms with van der Waals surface area (Å²) in [6.45, 7) is 5.86. The van der Waals surface area contributed by atoms with Crippen LogP contribution in [0.5, 0.6) is 0 Å². The molecule has 0 unspecified atom stereocenters. The van der Waals surface area contributed by atoms with E-state index in [0.29, 0.717) is 26.4 Å². The first-order valence-electron chi connectivity index (χ1n) is 12.0. The number of ether oxygens (including phenoxy) is 4. The maximum atomic E-state index is 6.50. The third kappa shape index (κ3) is 7.12. The Kier molecular flexibility index (Phi) is 9.47. The maximum absolute atomic E-state index is 6.50. The Hall–Kier alpha value is -2.76. The van der Waals surface area contributed by atoms with Crippen molar-refractivity contribution in [3.63, 3.8) is 0 Å². The summed E-state index contributed by atoms with van der Waals surface area (Å²) in [6, 6.07) is 30.7. The lowest BCUT2D eigenvalue weighted by Crippen LogP contribution is -2.53. The van der Waals surface area contributed by atoms with Gasteiger partial charge in [-0.15, -0.1) is 6.58 Å². The highest BCUT2D eigenvalue weighted by molar-refractivity contribution is 5.15. The van der Waals surface area contributed by atoms with Crippen molar-refractivity contribution in [3.05, 3.63) is 120 Å². The molecule has 0 N–H and O–H groups in total. The van der Waals surface area contributed by atoms with Gasteiger partial charge in [0.25, 0.3) is 0 Å². The third-order valence-electron chi connectivity index (χ3n) is 6.10. The molecule has 0 radical (unpaired) electrons. The third-order valence-corrected chi connectivity index (χ3v) is 6.10. The molecular formula is C30H34O4. The van der Waals surface area contributed by atoms with Gasteiger partial charge in [0.15, 0.2) is 0 Å². The molecule has 0 bridgehead atoms. The van der Waals surface area contributed by atoms with Gasteiger partial charge in [0, 0.05) is 0 Å². The van der Waals surface area contributed by atoms with Gasteiger partial charge < -0.3 is 18.9 Å². The fourth-order valence-corrected chi connectivity index (χ4v) is 4.34. The van der Waals surface area contributed by atoms with Crippen LogP contribution in [0.25, 0.3) is 0 Å². The largest absolute Gasteiger partial charge is 0.371 e. The SMILES string of the molecule is C=CCO[C@H]1[C@H](OCc2ccccc2)[C@@H](OCc2ccccc2)CC[C@H]1OCc1ccccc1. The van der Waals surface area contributed by atoms with Gasteiger partial charge >= 0.3 is 0 Å². The lowest BCUT2D eigenvalue weighted by atomic mass is 9.88. The first-order valence-corrected chi connectivity index (χ1v) is 12.0. The van der Waals surface area contributed by atoms with Crippen molar-refractivity contribution >= 4 is 0 Å². The molecule has 0 saturated heterocycles. The molecule has 0 amide bonds. The van der Waals surface area contributed by atoms with Crippen molar-refractivity contribution in [2.24, 2.45) is 0 Å². The first kappa shape index (κ1) is 24.4. The molecule has 1 aliphatic rings. The summed E-state index contributed by atoms with van der Waals surface area (Å²) in [4.78, 5) is 0. The quantitative estimate of drug-likeness (QED) is 0.307. The molecule has 4 rings (SSSR count). The molecule has 4 nitrogen and oxygen atoms in total. The number of hydrogen-bond acceptors (Lipinski definition) is 4. The van der Waals surface area contributed by atoms with Crippen molar-refractivity contribution in [3.8, 4) is 0 Å². The molecule has 1 saturated carbocycles. The minimum atomic E-state index is -0.251. The highest BCUT2D eigenvalue weighted by atomic mass is 16.6. The van der Waals surface area contributed by atoms with Gasteiger partial charge in [-0.25, -0.2) is 0 Å². The Balaban J connectivity index is 1.48. The van der Waals surface area contributed by atoms with E-state index in [-0.39, 0.29) is 24.4 Å². The summed E-state index contributed by atoms with van der Waals surface area (Å²) >= 11 is 0. The number of hydrogen-bond donors (Lipinski definition) is 0. The molecule has 34 heavy (non-hydrogen) atoms. The fourth-order valence-electron chi connectivity index (χ4n) is 4.34. The van der Waals surface area contributed by atoms with Gasteiger partial charge in [-0.1, -0.05) is 97.1 Å². The molecule has 4 atom stereocenters. The second-order valence-electron chi connectivity index (χ2n) is 8.60. The van der Waals surface area contributed by atoms with Crippen molar-refractivity contribution in [2.75, 3.05) is 6.61 Å². The standard InChI is InChI=1S/C30H34O4/c1-2-20-31-29-27(32-21-24-12-6-3-7-13-24)18-19-28(33-22-25-14-8-4-9-15-25)30(29)34-23-26-16-10-5-11-17-26/h2-17,27-30H,1,18-23H2/t27-,28+,29-,30-/m1/s1. The van der Waals surface area contributed by atoms with Gasteiger partial charge in [-0.3, -0.25) is 0 Å². The molecule has 3 aromatic rings.